The number of ketones is 1. The lowest BCUT2D eigenvalue weighted by atomic mass is 10.0. The van der Waals surface area contributed by atoms with Crippen molar-refractivity contribution in [2.45, 2.75) is 13.1 Å². The molecule has 4 nitrogen and oxygen atoms in total. The maximum atomic E-state index is 12.7. The van der Waals surface area contributed by atoms with Gasteiger partial charge in [-0.05, 0) is 24.5 Å². The molecule has 0 atom stereocenters. The van der Waals surface area contributed by atoms with E-state index in [-0.39, 0.29) is 4.88 Å². The molecule has 0 bridgehead atoms. The van der Waals surface area contributed by atoms with Gasteiger partial charge in [0.1, 0.15) is 4.88 Å². The molecule has 2 rings (SSSR count). The molecule has 0 aromatic carbocycles. The standard InChI is InChI=1S/C10H6F3N3OS/c1-5-9(18-16-15-5)8(17)6-4-14-3-2-7(6)10(11,12)13/h2-4H,1H3. The second-order valence-electron chi connectivity index (χ2n) is 3.44. The number of aryl methyl sites for hydroxylation is 1. The Kier molecular flexibility index (Phi) is 3.12. The lowest BCUT2D eigenvalue weighted by Gasteiger charge is -2.10. The van der Waals surface area contributed by atoms with Gasteiger partial charge < -0.3 is 0 Å². The highest BCUT2D eigenvalue weighted by atomic mass is 32.1. The summed E-state index contributed by atoms with van der Waals surface area (Å²) in [5, 5.41) is 3.60. The van der Waals surface area contributed by atoms with Gasteiger partial charge in [0.15, 0.2) is 0 Å². The van der Waals surface area contributed by atoms with Crippen LogP contribution in [0, 0.1) is 6.92 Å². The van der Waals surface area contributed by atoms with Gasteiger partial charge in [0.25, 0.3) is 0 Å². The van der Waals surface area contributed by atoms with E-state index in [1.165, 1.54) is 6.92 Å². The van der Waals surface area contributed by atoms with Crippen LogP contribution in [0.3, 0.4) is 0 Å². The van der Waals surface area contributed by atoms with Crippen LogP contribution in [0.2, 0.25) is 0 Å². The Balaban J connectivity index is 2.53. The molecule has 0 aliphatic rings. The number of halogens is 3. The first-order valence-electron chi connectivity index (χ1n) is 4.76. The van der Waals surface area contributed by atoms with Crippen LogP contribution in [0.15, 0.2) is 18.5 Å². The first kappa shape index (κ1) is 12.6. The normalized spacial score (nSPS) is 11.6. The molecule has 0 N–H and O–H groups in total. The van der Waals surface area contributed by atoms with E-state index in [2.05, 4.69) is 14.6 Å². The third-order valence-corrected chi connectivity index (χ3v) is 3.06. The Hall–Kier alpha value is -1.83. The number of aromatic nitrogens is 3. The number of hydrogen-bond donors (Lipinski definition) is 0. The Morgan fingerprint density at radius 2 is 2.11 bits per heavy atom. The third-order valence-electron chi connectivity index (χ3n) is 2.23. The summed E-state index contributed by atoms with van der Waals surface area (Å²) in [5.74, 6) is -0.761. The van der Waals surface area contributed by atoms with Crippen molar-refractivity contribution in [1.29, 1.82) is 0 Å². The van der Waals surface area contributed by atoms with E-state index in [1.54, 1.807) is 0 Å². The number of hydrogen-bond acceptors (Lipinski definition) is 5. The topological polar surface area (TPSA) is 55.7 Å². The number of alkyl halides is 3. The fraction of sp³-hybridized carbons (Fsp3) is 0.200. The van der Waals surface area contributed by atoms with Crippen LogP contribution in [0.25, 0.3) is 0 Å². The van der Waals surface area contributed by atoms with Crippen LogP contribution in [0.5, 0.6) is 0 Å². The van der Waals surface area contributed by atoms with Gasteiger partial charge in [-0.15, -0.1) is 5.10 Å². The van der Waals surface area contributed by atoms with E-state index in [9.17, 15) is 18.0 Å². The average Bonchev–Trinajstić information content (AvgIpc) is 2.73. The van der Waals surface area contributed by atoms with E-state index in [0.29, 0.717) is 5.69 Å². The highest BCUT2D eigenvalue weighted by Crippen LogP contribution is 2.32. The molecule has 0 amide bonds. The van der Waals surface area contributed by atoms with Crippen molar-refractivity contribution in [2.24, 2.45) is 0 Å². The largest absolute Gasteiger partial charge is 0.417 e. The molecular formula is C10H6F3N3OS. The summed E-state index contributed by atoms with van der Waals surface area (Å²) in [6.07, 6.45) is -2.69. The van der Waals surface area contributed by atoms with Crippen LogP contribution in [0.1, 0.15) is 26.5 Å². The minimum Gasteiger partial charge on any atom is -0.287 e. The van der Waals surface area contributed by atoms with E-state index in [4.69, 9.17) is 0 Å². The number of rotatable bonds is 2. The van der Waals surface area contributed by atoms with Crippen LogP contribution in [-0.4, -0.2) is 20.4 Å². The molecule has 0 aliphatic carbocycles. The van der Waals surface area contributed by atoms with Crippen LogP contribution < -0.4 is 0 Å². The molecule has 2 heterocycles. The van der Waals surface area contributed by atoms with Gasteiger partial charge in [0.05, 0.1) is 16.8 Å². The molecule has 2 aromatic heterocycles. The van der Waals surface area contributed by atoms with Crippen LogP contribution in [-0.2, 0) is 6.18 Å². The molecule has 0 saturated carbocycles. The van der Waals surface area contributed by atoms with Crippen molar-refractivity contribution in [2.75, 3.05) is 0 Å². The van der Waals surface area contributed by atoms with E-state index >= 15 is 0 Å². The number of carbonyl (C=O) groups is 1. The van der Waals surface area contributed by atoms with Crippen molar-refractivity contribution < 1.29 is 18.0 Å². The van der Waals surface area contributed by atoms with E-state index in [0.717, 1.165) is 30.0 Å². The Morgan fingerprint density at radius 1 is 1.39 bits per heavy atom. The van der Waals surface area contributed by atoms with Crippen molar-refractivity contribution in [3.8, 4) is 0 Å². The molecule has 0 aliphatic heterocycles. The zero-order valence-electron chi connectivity index (χ0n) is 9.02. The summed E-state index contributed by atoms with van der Waals surface area (Å²) in [6, 6.07) is 0.775. The van der Waals surface area contributed by atoms with Gasteiger partial charge >= 0.3 is 6.18 Å². The minimum atomic E-state index is -4.60. The predicted molar refractivity (Wildman–Crippen MR) is 57.3 cm³/mol. The molecule has 8 heteroatoms. The quantitative estimate of drug-likeness (QED) is 0.789. The van der Waals surface area contributed by atoms with Crippen molar-refractivity contribution >= 4 is 17.3 Å². The Bertz CT molecular complexity index is 594. The number of carbonyl (C=O) groups excluding carboxylic acids is 1. The summed E-state index contributed by atoms with van der Waals surface area (Å²) in [4.78, 5) is 15.6. The summed E-state index contributed by atoms with van der Waals surface area (Å²) in [7, 11) is 0. The van der Waals surface area contributed by atoms with Gasteiger partial charge in [0.2, 0.25) is 5.78 Å². The first-order chi connectivity index (χ1) is 8.41. The minimum absolute atomic E-state index is 0.0912. The lowest BCUT2D eigenvalue weighted by Crippen LogP contribution is -2.14. The van der Waals surface area contributed by atoms with Crippen LogP contribution >= 0.6 is 11.5 Å². The first-order valence-corrected chi connectivity index (χ1v) is 5.53. The van der Waals surface area contributed by atoms with Crippen molar-refractivity contribution in [3.63, 3.8) is 0 Å². The second-order valence-corrected chi connectivity index (χ2v) is 4.19. The smallest absolute Gasteiger partial charge is 0.287 e. The highest BCUT2D eigenvalue weighted by Gasteiger charge is 2.36. The Morgan fingerprint density at radius 3 is 2.67 bits per heavy atom. The maximum absolute atomic E-state index is 12.7. The summed E-state index contributed by atoms with van der Waals surface area (Å²) < 4.78 is 41.8. The zero-order valence-corrected chi connectivity index (χ0v) is 9.84. The van der Waals surface area contributed by atoms with E-state index in [1.807, 2.05) is 0 Å². The molecule has 0 unspecified atom stereocenters. The predicted octanol–water partition coefficient (Wildman–Crippen LogP) is 2.49. The van der Waals surface area contributed by atoms with Crippen LogP contribution in [0.4, 0.5) is 13.2 Å². The van der Waals surface area contributed by atoms with E-state index < -0.39 is 23.1 Å². The summed E-state index contributed by atoms with van der Waals surface area (Å²) >= 11 is 0.766. The number of nitrogens with zero attached hydrogens (tertiary/aromatic N) is 3. The molecule has 0 saturated heterocycles. The van der Waals surface area contributed by atoms with Gasteiger partial charge in [-0.3, -0.25) is 9.78 Å². The number of pyridine rings is 1. The third kappa shape index (κ3) is 2.23. The molecule has 18 heavy (non-hydrogen) atoms. The highest BCUT2D eigenvalue weighted by molar-refractivity contribution is 7.08. The molecule has 0 spiro atoms. The molecule has 2 aromatic rings. The monoisotopic (exact) mass is 273 g/mol. The Labute approximate surface area is 104 Å². The van der Waals surface area contributed by atoms with Gasteiger partial charge in [0, 0.05) is 12.4 Å². The average molecular weight is 273 g/mol. The molecular weight excluding hydrogens is 267 g/mol. The van der Waals surface area contributed by atoms with Gasteiger partial charge in [-0.2, -0.15) is 13.2 Å². The van der Waals surface area contributed by atoms with Gasteiger partial charge in [-0.25, -0.2) is 0 Å². The molecule has 0 fully saturated rings. The fourth-order valence-corrected chi connectivity index (χ4v) is 2.00. The second kappa shape index (κ2) is 4.45. The molecule has 0 radical (unpaired) electrons. The summed E-state index contributed by atoms with van der Waals surface area (Å²) in [6.45, 7) is 1.51. The SMILES string of the molecule is Cc1nnsc1C(=O)c1cnccc1C(F)(F)F. The van der Waals surface area contributed by atoms with Crippen molar-refractivity contribution in [3.05, 3.63) is 40.2 Å². The lowest BCUT2D eigenvalue weighted by molar-refractivity contribution is -0.137. The fourth-order valence-electron chi connectivity index (χ4n) is 1.38. The zero-order chi connectivity index (χ0) is 13.3. The maximum Gasteiger partial charge on any atom is 0.417 e. The van der Waals surface area contributed by atoms with Crippen molar-refractivity contribution in [1.82, 2.24) is 14.6 Å². The summed E-state index contributed by atoms with van der Waals surface area (Å²) in [5.41, 5.74) is -1.18. The van der Waals surface area contributed by atoms with Gasteiger partial charge in [-0.1, -0.05) is 4.49 Å². The molecule has 94 valence electrons.